The van der Waals surface area contributed by atoms with Crippen LogP contribution in [0.4, 0.5) is 0 Å². The molecule has 0 aliphatic carbocycles. The summed E-state index contributed by atoms with van der Waals surface area (Å²) in [6.45, 7) is 4.06. The van der Waals surface area contributed by atoms with Crippen LogP contribution in [0.15, 0.2) is 43.0 Å². The molecule has 0 heterocycles. The molecule has 1 rings (SSSR count). The third-order valence-electron chi connectivity index (χ3n) is 2.59. The molecule has 0 fully saturated rings. The van der Waals surface area contributed by atoms with Crippen LogP contribution < -0.4 is 4.74 Å². The monoisotopic (exact) mass is 290 g/mol. The Balaban J connectivity index is 2.64. The van der Waals surface area contributed by atoms with Crippen molar-refractivity contribution in [3.05, 3.63) is 48.5 Å². The second-order valence-corrected chi connectivity index (χ2v) is 4.11. The number of benzene rings is 1. The van der Waals surface area contributed by atoms with E-state index in [1.165, 1.54) is 7.11 Å². The van der Waals surface area contributed by atoms with Crippen LogP contribution in [-0.4, -0.2) is 42.9 Å². The molecule has 1 aromatic rings. The van der Waals surface area contributed by atoms with E-state index in [-0.39, 0.29) is 18.7 Å². The maximum Gasteiger partial charge on any atom is 0.416 e. The lowest BCUT2D eigenvalue weighted by atomic mass is 10.2. The van der Waals surface area contributed by atoms with Gasteiger partial charge in [0.15, 0.2) is 0 Å². The number of esters is 1. The standard InChI is InChI=1S/C15H18N2O4/c1-3-9-20-13(10-14(17-16)15(18)19-2)11-21-12-7-5-4-6-8-12/h3-8,13H,1,9-11H2,2H3. The van der Waals surface area contributed by atoms with Crippen LogP contribution in [-0.2, 0) is 14.3 Å². The van der Waals surface area contributed by atoms with Crippen molar-refractivity contribution in [2.75, 3.05) is 20.3 Å². The molecule has 0 spiro atoms. The van der Waals surface area contributed by atoms with Gasteiger partial charge in [0.25, 0.3) is 0 Å². The van der Waals surface area contributed by atoms with Crippen molar-refractivity contribution in [1.82, 2.24) is 0 Å². The molecule has 0 saturated carbocycles. The Labute approximate surface area is 123 Å². The molecule has 0 radical (unpaired) electrons. The van der Waals surface area contributed by atoms with Crippen LogP contribution in [0, 0.1) is 0 Å². The van der Waals surface area contributed by atoms with Gasteiger partial charge in [-0.3, -0.25) is 0 Å². The van der Waals surface area contributed by atoms with Gasteiger partial charge in [-0.05, 0) is 12.1 Å². The van der Waals surface area contributed by atoms with Crippen LogP contribution >= 0.6 is 0 Å². The highest BCUT2D eigenvalue weighted by molar-refractivity contribution is 6.33. The van der Waals surface area contributed by atoms with Gasteiger partial charge in [0, 0.05) is 0 Å². The number of hydrogen-bond acceptors (Lipinski definition) is 4. The van der Waals surface area contributed by atoms with E-state index in [0.717, 1.165) is 0 Å². The van der Waals surface area contributed by atoms with E-state index < -0.39 is 12.1 Å². The zero-order valence-electron chi connectivity index (χ0n) is 11.9. The first-order valence-electron chi connectivity index (χ1n) is 6.40. The maximum absolute atomic E-state index is 11.4. The van der Waals surface area contributed by atoms with E-state index in [4.69, 9.17) is 15.0 Å². The van der Waals surface area contributed by atoms with Crippen molar-refractivity contribution in [1.29, 1.82) is 0 Å². The number of para-hydroxylation sites is 1. The average Bonchev–Trinajstić information content (AvgIpc) is 2.54. The minimum Gasteiger partial charge on any atom is -0.491 e. The lowest BCUT2D eigenvalue weighted by molar-refractivity contribution is -0.138. The lowest BCUT2D eigenvalue weighted by Gasteiger charge is -2.15. The highest BCUT2D eigenvalue weighted by atomic mass is 16.5. The fourth-order valence-corrected chi connectivity index (χ4v) is 1.57. The van der Waals surface area contributed by atoms with Crippen molar-refractivity contribution in [3.63, 3.8) is 0 Å². The molecule has 1 aromatic carbocycles. The molecule has 6 nitrogen and oxygen atoms in total. The molecular formula is C15H18N2O4. The number of nitrogens with zero attached hydrogens (tertiary/aromatic N) is 2. The number of rotatable bonds is 9. The molecule has 1 unspecified atom stereocenters. The van der Waals surface area contributed by atoms with Crippen molar-refractivity contribution in [3.8, 4) is 5.75 Å². The molecule has 1 atom stereocenters. The number of ether oxygens (including phenoxy) is 3. The van der Waals surface area contributed by atoms with Crippen LogP contribution in [0.5, 0.6) is 5.75 Å². The number of methoxy groups -OCH3 is 1. The second kappa shape index (κ2) is 9.47. The smallest absolute Gasteiger partial charge is 0.416 e. The third kappa shape index (κ3) is 6.03. The van der Waals surface area contributed by atoms with Gasteiger partial charge in [0.2, 0.25) is 0 Å². The van der Waals surface area contributed by atoms with Gasteiger partial charge in [0.05, 0.1) is 20.1 Å². The second-order valence-electron chi connectivity index (χ2n) is 4.11. The van der Waals surface area contributed by atoms with Crippen LogP contribution in [0.25, 0.3) is 5.53 Å². The van der Waals surface area contributed by atoms with E-state index in [1.54, 1.807) is 6.08 Å². The van der Waals surface area contributed by atoms with Gasteiger partial charge in [-0.15, -0.1) is 6.58 Å². The Morgan fingerprint density at radius 3 is 2.71 bits per heavy atom. The summed E-state index contributed by atoms with van der Waals surface area (Å²) in [6, 6.07) is 9.21. The lowest BCUT2D eigenvalue weighted by Crippen LogP contribution is -2.29. The zero-order valence-corrected chi connectivity index (χ0v) is 11.9. The van der Waals surface area contributed by atoms with Crippen molar-refractivity contribution >= 4 is 11.7 Å². The van der Waals surface area contributed by atoms with Crippen molar-refractivity contribution in [2.24, 2.45) is 0 Å². The zero-order chi connectivity index (χ0) is 15.5. The molecule has 0 aromatic heterocycles. The quantitative estimate of drug-likeness (QED) is 0.228. The number of carbonyl (C=O) groups is 1. The molecular weight excluding hydrogens is 272 g/mol. The van der Waals surface area contributed by atoms with Crippen LogP contribution in [0.2, 0.25) is 0 Å². The summed E-state index contributed by atoms with van der Waals surface area (Å²) in [5.41, 5.74) is 8.74. The fourth-order valence-electron chi connectivity index (χ4n) is 1.57. The molecule has 0 saturated heterocycles. The third-order valence-corrected chi connectivity index (χ3v) is 2.59. The SMILES string of the molecule is C=CCOC(COc1ccccc1)CC(=[N+]=[N-])C(=O)OC. The van der Waals surface area contributed by atoms with Gasteiger partial charge in [-0.1, -0.05) is 24.3 Å². The van der Waals surface area contributed by atoms with Gasteiger partial charge >= 0.3 is 11.7 Å². The van der Waals surface area contributed by atoms with Gasteiger partial charge < -0.3 is 19.7 Å². The van der Waals surface area contributed by atoms with Gasteiger partial charge in [-0.2, -0.15) is 4.79 Å². The van der Waals surface area contributed by atoms with Crippen LogP contribution in [0.1, 0.15) is 6.42 Å². The van der Waals surface area contributed by atoms with E-state index in [0.29, 0.717) is 12.4 Å². The maximum atomic E-state index is 11.4. The summed E-state index contributed by atoms with van der Waals surface area (Å²) in [6.07, 6.45) is 1.20. The first-order valence-corrected chi connectivity index (χ1v) is 6.40. The molecule has 0 amide bonds. The van der Waals surface area contributed by atoms with Crippen molar-refractivity contribution < 1.29 is 23.8 Å². The van der Waals surface area contributed by atoms with Crippen LogP contribution in [0.3, 0.4) is 0 Å². The van der Waals surface area contributed by atoms with E-state index in [9.17, 15) is 4.79 Å². The topological polar surface area (TPSA) is 81.2 Å². The van der Waals surface area contributed by atoms with Gasteiger partial charge in [0.1, 0.15) is 18.5 Å². The minimum absolute atomic E-state index is 0.0733. The Kier molecular flexibility index (Phi) is 7.50. The number of hydrogen-bond donors (Lipinski definition) is 0. The predicted molar refractivity (Wildman–Crippen MR) is 77.1 cm³/mol. The molecule has 0 aliphatic rings. The van der Waals surface area contributed by atoms with Crippen molar-refractivity contribution in [2.45, 2.75) is 12.5 Å². The normalized spacial score (nSPS) is 11.1. The summed E-state index contributed by atoms with van der Waals surface area (Å²) in [4.78, 5) is 14.3. The fraction of sp³-hybridized carbons (Fsp3) is 0.333. The molecule has 112 valence electrons. The Hall–Kier alpha value is -2.43. The molecule has 0 aliphatic heterocycles. The molecule has 0 bridgehead atoms. The number of carbonyl (C=O) groups excluding carboxylic acids is 1. The van der Waals surface area contributed by atoms with E-state index in [2.05, 4.69) is 16.1 Å². The van der Waals surface area contributed by atoms with Gasteiger partial charge in [-0.25, -0.2) is 4.79 Å². The Bertz CT molecular complexity index is 510. The average molecular weight is 290 g/mol. The Morgan fingerprint density at radius 2 is 2.14 bits per heavy atom. The first kappa shape index (κ1) is 16.6. The largest absolute Gasteiger partial charge is 0.491 e. The highest BCUT2D eigenvalue weighted by Gasteiger charge is 2.26. The summed E-state index contributed by atoms with van der Waals surface area (Å²) in [7, 11) is 1.22. The summed E-state index contributed by atoms with van der Waals surface area (Å²) in [5, 5.41) is 0. The van der Waals surface area contributed by atoms with E-state index in [1.807, 2.05) is 30.3 Å². The summed E-state index contributed by atoms with van der Waals surface area (Å²) < 4.78 is 15.6. The molecule has 6 heteroatoms. The minimum atomic E-state index is -0.704. The highest BCUT2D eigenvalue weighted by Crippen LogP contribution is 2.11. The molecule has 21 heavy (non-hydrogen) atoms. The molecule has 0 N–H and O–H groups in total. The Morgan fingerprint density at radius 1 is 1.43 bits per heavy atom. The summed E-state index contributed by atoms with van der Waals surface area (Å²) in [5.74, 6) is -0.0188. The first-order chi connectivity index (χ1) is 10.2. The van der Waals surface area contributed by atoms with E-state index >= 15 is 0 Å². The predicted octanol–water partition coefficient (Wildman–Crippen LogP) is 1.87. The summed E-state index contributed by atoms with van der Waals surface area (Å²) >= 11 is 0.